The number of hydrogen-bond acceptors (Lipinski definition) is 4. The number of pyridine rings is 1. The first-order chi connectivity index (χ1) is 12.7. The molecule has 0 fully saturated rings. The molecule has 0 saturated carbocycles. The van der Waals surface area contributed by atoms with Gasteiger partial charge in [-0.15, -0.1) is 0 Å². The zero-order chi connectivity index (χ0) is 19.8. The maximum Gasteiger partial charge on any atom is 0.340 e. The second-order valence-corrected chi connectivity index (χ2v) is 6.03. The summed E-state index contributed by atoms with van der Waals surface area (Å²) in [6.07, 6.45) is -2.73. The summed E-state index contributed by atoms with van der Waals surface area (Å²) in [6.45, 7) is -0.0744. The van der Waals surface area contributed by atoms with Gasteiger partial charge >= 0.3 is 12.3 Å². The monoisotopic (exact) mass is 382 g/mol. The number of amides is 2. The number of hydrogen-bond donors (Lipinski definition) is 0. The molecule has 0 atom stereocenters. The molecule has 1 aliphatic heterocycles. The maximum absolute atomic E-state index is 13.0. The average molecular weight is 382 g/mol. The minimum atomic E-state index is -4.27. The second kappa shape index (κ2) is 6.98. The van der Waals surface area contributed by atoms with Crippen LogP contribution in [0.15, 0.2) is 36.5 Å². The van der Waals surface area contributed by atoms with Crippen LogP contribution in [0.5, 0.6) is 5.75 Å². The Labute approximate surface area is 151 Å². The molecular formula is C18H14F4N2O3. The minimum Gasteiger partial charge on any atom is -0.485 e. The van der Waals surface area contributed by atoms with Gasteiger partial charge in [-0.3, -0.25) is 19.5 Å². The number of fused-ring (bicyclic) bond motifs is 1. The van der Waals surface area contributed by atoms with Crippen molar-refractivity contribution in [3.63, 3.8) is 0 Å². The number of aromatic nitrogens is 1. The fourth-order valence-electron chi connectivity index (χ4n) is 2.62. The van der Waals surface area contributed by atoms with Crippen LogP contribution in [0.25, 0.3) is 0 Å². The van der Waals surface area contributed by atoms with Crippen LogP contribution in [0.3, 0.4) is 0 Å². The fourth-order valence-corrected chi connectivity index (χ4v) is 2.62. The van der Waals surface area contributed by atoms with Crippen LogP contribution in [0.1, 0.15) is 32.0 Å². The largest absolute Gasteiger partial charge is 0.485 e. The van der Waals surface area contributed by atoms with Gasteiger partial charge in [0.2, 0.25) is 0 Å². The van der Waals surface area contributed by atoms with Gasteiger partial charge in [-0.1, -0.05) is 12.1 Å². The standard InChI is InChI=1S/C18H14F4N2O3/c1-10-6-11(23-7-14(10)27-9-18(21,22)17(19)20)8-24-15(25)12-4-2-3-5-13(12)16(24)26/h2-7,17H,8-9H2,1H3. The molecule has 0 unspecified atom stereocenters. The summed E-state index contributed by atoms with van der Waals surface area (Å²) < 4.78 is 55.0. The third-order valence-corrected chi connectivity index (χ3v) is 4.06. The number of rotatable bonds is 6. The van der Waals surface area contributed by atoms with E-state index < -0.39 is 30.8 Å². The molecule has 3 rings (SSSR count). The molecule has 2 aromatic rings. The van der Waals surface area contributed by atoms with Crippen molar-refractivity contribution < 1.29 is 31.9 Å². The molecule has 5 nitrogen and oxygen atoms in total. The lowest BCUT2D eigenvalue weighted by molar-refractivity contribution is -0.148. The molecule has 9 heteroatoms. The highest BCUT2D eigenvalue weighted by molar-refractivity contribution is 6.21. The first-order valence-electron chi connectivity index (χ1n) is 7.90. The average Bonchev–Trinajstić information content (AvgIpc) is 2.86. The molecule has 0 aliphatic carbocycles. The highest BCUT2D eigenvalue weighted by Crippen LogP contribution is 2.27. The Morgan fingerprint density at radius 3 is 2.26 bits per heavy atom. The normalized spacial score (nSPS) is 14.1. The number of benzene rings is 1. The molecule has 1 aromatic heterocycles. The van der Waals surface area contributed by atoms with Gasteiger partial charge in [0, 0.05) is 0 Å². The number of aryl methyl sites for hydroxylation is 1. The van der Waals surface area contributed by atoms with Crippen molar-refractivity contribution in [1.82, 2.24) is 9.88 Å². The Morgan fingerprint density at radius 1 is 1.15 bits per heavy atom. The van der Waals surface area contributed by atoms with Crippen molar-refractivity contribution in [3.8, 4) is 5.75 Å². The molecular weight excluding hydrogens is 368 g/mol. The Kier molecular flexibility index (Phi) is 4.86. The number of carbonyl (C=O) groups is 2. The Bertz CT molecular complexity index is 867. The predicted octanol–water partition coefficient (Wildman–Crippen LogP) is 3.47. The number of halogens is 4. The van der Waals surface area contributed by atoms with E-state index in [0.29, 0.717) is 22.4 Å². The van der Waals surface area contributed by atoms with Crippen LogP contribution in [-0.2, 0) is 6.54 Å². The summed E-state index contributed by atoms with van der Waals surface area (Å²) in [5, 5.41) is 0. The van der Waals surface area contributed by atoms with Gasteiger partial charge in [-0.05, 0) is 30.7 Å². The lowest BCUT2D eigenvalue weighted by atomic mass is 10.1. The van der Waals surface area contributed by atoms with E-state index in [4.69, 9.17) is 4.74 Å². The van der Waals surface area contributed by atoms with Gasteiger partial charge in [-0.2, -0.15) is 8.78 Å². The van der Waals surface area contributed by atoms with E-state index in [1.165, 1.54) is 13.0 Å². The van der Waals surface area contributed by atoms with Gasteiger partial charge in [0.05, 0.1) is 29.6 Å². The number of ether oxygens (including phenoxy) is 1. The number of nitrogens with zero attached hydrogens (tertiary/aromatic N) is 2. The highest BCUT2D eigenvalue weighted by atomic mass is 19.3. The third-order valence-electron chi connectivity index (χ3n) is 4.06. The second-order valence-electron chi connectivity index (χ2n) is 6.03. The van der Waals surface area contributed by atoms with Gasteiger partial charge in [0.15, 0.2) is 6.61 Å². The van der Waals surface area contributed by atoms with E-state index in [2.05, 4.69) is 4.98 Å². The molecule has 2 amide bonds. The minimum absolute atomic E-state index is 0.0820. The molecule has 0 bridgehead atoms. The summed E-state index contributed by atoms with van der Waals surface area (Å²) in [4.78, 5) is 29.7. The summed E-state index contributed by atoms with van der Waals surface area (Å²) in [7, 11) is 0. The first kappa shape index (κ1) is 18.8. The topological polar surface area (TPSA) is 59.5 Å². The SMILES string of the molecule is Cc1cc(CN2C(=O)c3ccccc3C2=O)ncc1OCC(F)(F)C(F)F. The van der Waals surface area contributed by atoms with Crippen LogP contribution < -0.4 is 4.74 Å². The van der Waals surface area contributed by atoms with E-state index in [9.17, 15) is 27.2 Å². The van der Waals surface area contributed by atoms with Crippen LogP contribution >= 0.6 is 0 Å². The molecule has 1 aliphatic rings. The van der Waals surface area contributed by atoms with Gasteiger partial charge < -0.3 is 4.74 Å². The molecule has 0 radical (unpaired) electrons. The summed E-state index contributed by atoms with van der Waals surface area (Å²) in [5.74, 6) is -5.26. The zero-order valence-corrected chi connectivity index (χ0v) is 14.1. The van der Waals surface area contributed by atoms with Crippen molar-refractivity contribution in [2.75, 3.05) is 6.61 Å². The molecule has 142 valence electrons. The van der Waals surface area contributed by atoms with Crippen LogP contribution in [0.4, 0.5) is 17.6 Å². The van der Waals surface area contributed by atoms with Crippen molar-refractivity contribution in [1.29, 1.82) is 0 Å². The fraction of sp³-hybridized carbons (Fsp3) is 0.278. The van der Waals surface area contributed by atoms with E-state index in [0.717, 1.165) is 11.1 Å². The van der Waals surface area contributed by atoms with Crippen molar-refractivity contribution >= 4 is 11.8 Å². The molecule has 0 spiro atoms. The van der Waals surface area contributed by atoms with E-state index in [1.807, 2.05) is 0 Å². The van der Waals surface area contributed by atoms with E-state index in [-0.39, 0.29) is 12.3 Å². The Hall–Kier alpha value is -2.97. The van der Waals surface area contributed by atoms with Crippen LogP contribution in [0.2, 0.25) is 0 Å². The van der Waals surface area contributed by atoms with Crippen molar-refractivity contribution in [3.05, 3.63) is 58.9 Å². The number of carbonyl (C=O) groups excluding carboxylic acids is 2. The third kappa shape index (κ3) is 3.62. The summed E-state index contributed by atoms with van der Waals surface area (Å²) >= 11 is 0. The van der Waals surface area contributed by atoms with Crippen LogP contribution in [0, 0.1) is 6.92 Å². The zero-order valence-electron chi connectivity index (χ0n) is 14.1. The lowest BCUT2D eigenvalue weighted by Crippen LogP contribution is -2.34. The quantitative estimate of drug-likeness (QED) is 0.567. The molecule has 27 heavy (non-hydrogen) atoms. The maximum atomic E-state index is 13.0. The summed E-state index contributed by atoms with van der Waals surface area (Å²) in [5.41, 5.74) is 1.29. The van der Waals surface area contributed by atoms with E-state index >= 15 is 0 Å². The Morgan fingerprint density at radius 2 is 1.74 bits per heavy atom. The predicted molar refractivity (Wildman–Crippen MR) is 86.1 cm³/mol. The van der Waals surface area contributed by atoms with Gasteiger partial charge in [-0.25, -0.2) is 8.78 Å². The van der Waals surface area contributed by atoms with E-state index in [1.54, 1.807) is 24.3 Å². The van der Waals surface area contributed by atoms with Gasteiger partial charge in [0.25, 0.3) is 11.8 Å². The molecule has 0 N–H and O–H groups in total. The number of imide groups is 1. The van der Waals surface area contributed by atoms with Crippen molar-refractivity contribution in [2.24, 2.45) is 0 Å². The van der Waals surface area contributed by atoms with Crippen LogP contribution in [-0.4, -0.2) is 40.7 Å². The molecule has 1 aromatic carbocycles. The summed E-state index contributed by atoms with van der Waals surface area (Å²) in [6, 6.07) is 7.84. The smallest absolute Gasteiger partial charge is 0.340 e. The molecule has 0 saturated heterocycles. The number of alkyl halides is 4. The lowest BCUT2D eigenvalue weighted by Gasteiger charge is -2.18. The first-order valence-corrected chi connectivity index (χ1v) is 7.90. The van der Waals surface area contributed by atoms with Crippen molar-refractivity contribution in [2.45, 2.75) is 25.8 Å². The molecule has 2 heterocycles. The highest BCUT2D eigenvalue weighted by Gasteiger charge is 2.42. The van der Waals surface area contributed by atoms with Gasteiger partial charge in [0.1, 0.15) is 5.75 Å². The Balaban J connectivity index is 1.72.